The van der Waals surface area contributed by atoms with Crippen molar-refractivity contribution in [3.8, 4) is 17.2 Å². The van der Waals surface area contributed by atoms with Crippen LogP contribution < -0.4 is 14.2 Å². The summed E-state index contributed by atoms with van der Waals surface area (Å²) in [5, 5.41) is 0.669. The number of fused-ring (bicyclic) bond motifs is 1. The summed E-state index contributed by atoms with van der Waals surface area (Å²) in [5.74, 6) is 1.78. The Bertz CT molecular complexity index is 1690. The van der Waals surface area contributed by atoms with Crippen LogP contribution in [0.3, 0.4) is 0 Å². The van der Waals surface area contributed by atoms with Crippen molar-refractivity contribution in [2.24, 2.45) is 5.92 Å². The number of aromatic nitrogens is 2. The molecule has 1 aromatic heterocycles. The van der Waals surface area contributed by atoms with E-state index in [1.165, 1.54) is 21.3 Å². The molecular weight excluding hydrogens is 644 g/mol. The largest absolute Gasteiger partial charge is 0.493 e. The number of imidazole rings is 1. The third kappa shape index (κ3) is 8.55. The number of ether oxygens (including phenoxy) is 4. The van der Waals surface area contributed by atoms with E-state index in [1.54, 1.807) is 17.0 Å². The molecule has 0 bridgehead atoms. The molecule has 0 aliphatic carbocycles. The number of likely N-dealkylation sites (tertiary alicyclic amines) is 1. The van der Waals surface area contributed by atoms with Crippen LogP contribution in [0.2, 0.25) is 5.02 Å². The van der Waals surface area contributed by atoms with E-state index in [9.17, 15) is 9.59 Å². The quantitative estimate of drug-likeness (QED) is 0.0960. The Balaban J connectivity index is 1.24. The second-order valence-corrected chi connectivity index (χ2v) is 12.8. The van der Waals surface area contributed by atoms with Crippen LogP contribution in [0.1, 0.15) is 58.6 Å². The number of hydrogen-bond donors (Lipinski definition) is 0. The number of hydrogen-bond acceptors (Lipinski definition) is 8. The molecule has 4 aromatic rings. The van der Waals surface area contributed by atoms with Gasteiger partial charge < -0.3 is 33.3 Å². The molecule has 49 heavy (non-hydrogen) atoms. The minimum Gasteiger partial charge on any atom is -0.493 e. The smallest absolute Gasteiger partial charge is 0.253 e. The summed E-state index contributed by atoms with van der Waals surface area (Å²) < 4.78 is 24.0. The number of ketones is 1. The van der Waals surface area contributed by atoms with Crippen LogP contribution in [-0.4, -0.2) is 98.8 Å². The van der Waals surface area contributed by atoms with Gasteiger partial charge in [-0.05, 0) is 87.8 Å². The first-order valence-corrected chi connectivity index (χ1v) is 17.3. The van der Waals surface area contributed by atoms with E-state index in [2.05, 4.69) is 4.90 Å². The standard InChI is InChI=1S/C38H47ClN4O6/c1-6-49-22-21-43-32-10-8-7-9-31(32)40-37(43)35(44)27-15-18-42(19-16-27)20-17-28(26-11-13-30(39)14-12-26)25-41(2)38(45)29-23-33(46-3)36(48-5)34(24-29)47-4/h7-14,23-24,27-28H,6,15-22,25H2,1-5H3. The molecule has 1 unspecified atom stereocenters. The molecule has 1 atom stereocenters. The molecule has 1 fully saturated rings. The maximum absolute atomic E-state index is 13.8. The predicted molar refractivity (Wildman–Crippen MR) is 192 cm³/mol. The van der Waals surface area contributed by atoms with E-state index >= 15 is 0 Å². The first kappa shape index (κ1) is 36.2. The summed E-state index contributed by atoms with van der Waals surface area (Å²) in [6.07, 6.45) is 2.39. The molecular formula is C38H47ClN4O6. The Morgan fingerprint density at radius 3 is 2.27 bits per heavy atom. The highest BCUT2D eigenvalue weighted by Gasteiger charge is 2.30. The van der Waals surface area contributed by atoms with Crippen LogP contribution in [0, 0.1) is 5.92 Å². The number of likely N-dealkylation sites (N-methyl/N-ethyl adjacent to an activating group) is 1. The molecule has 0 spiro atoms. The molecule has 1 aliphatic heterocycles. The van der Waals surface area contributed by atoms with Crippen molar-refractivity contribution in [1.82, 2.24) is 19.4 Å². The van der Waals surface area contributed by atoms with Gasteiger partial charge in [-0.3, -0.25) is 9.59 Å². The van der Waals surface area contributed by atoms with Gasteiger partial charge in [0, 0.05) is 49.2 Å². The predicted octanol–water partition coefficient (Wildman–Crippen LogP) is 6.59. The zero-order chi connectivity index (χ0) is 34.9. The molecule has 1 amide bonds. The van der Waals surface area contributed by atoms with Crippen molar-refractivity contribution in [1.29, 1.82) is 0 Å². The highest BCUT2D eigenvalue weighted by atomic mass is 35.5. The van der Waals surface area contributed by atoms with Crippen molar-refractivity contribution in [2.75, 3.05) is 67.8 Å². The highest BCUT2D eigenvalue weighted by Crippen LogP contribution is 2.38. The Kier molecular flexibility index (Phi) is 12.6. The molecule has 0 radical (unpaired) electrons. The summed E-state index contributed by atoms with van der Waals surface area (Å²) in [6.45, 7) is 6.72. The Hall–Kier alpha value is -4.12. The summed E-state index contributed by atoms with van der Waals surface area (Å²) in [7, 11) is 6.41. The molecule has 1 saturated heterocycles. The molecule has 11 heteroatoms. The van der Waals surface area contributed by atoms with Gasteiger partial charge in [0.25, 0.3) is 5.91 Å². The highest BCUT2D eigenvalue weighted by molar-refractivity contribution is 6.30. The van der Waals surface area contributed by atoms with Crippen molar-refractivity contribution in [3.63, 3.8) is 0 Å². The zero-order valence-corrected chi connectivity index (χ0v) is 29.9. The molecule has 5 rings (SSSR count). The van der Waals surface area contributed by atoms with Gasteiger partial charge in [0.15, 0.2) is 17.3 Å². The van der Waals surface area contributed by atoms with Crippen LogP contribution in [0.25, 0.3) is 11.0 Å². The lowest BCUT2D eigenvalue weighted by Crippen LogP contribution is -2.39. The first-order chi connectivity index (χ1) is 23.8. The second-order valence-electron chi connectivity index (χ2n) is 12.4. The number of carbonyl (C=O) groups excluding carboxylic acids is 2. The van der Waals surface area contributed by atoms with E-state index in [-0.39, 0.29) is 23.5 Å². The summed E-state index contributed by atoms with van der Waals surface area (Å²) in [5.41, 5.74) is 3.36. The average molecular weight is 691 g/mol. The van der Waals surface area contributed by atoms with Crippen LogP contribution in [0.15, 0.2) is 60.7 Å². The molecule has 3 aromatic carbocycles. The van der Waals surface area contributed by atoms with Crippen LogP contribution in [-0.2, 0) is 11.3 Å². The van der Waals surface area contributed by atoms with Gasteiger partial charge >= 0.3 is 0 Å². The molecule has 1 aliphatic rings. The monoisotopic (exact) mass is 690 g/mol. The lowest BCUT2D eigenvalue weighted by molar-refractivity contribution is 0.0778. The summed E-state index contributed by atoms with van der Waals surface area (Å²) >= 11 is 6.23. The van der Waals surface area contributed by atoms with E-state index in [0.29, 0.717) is 60.0 Å². The molecule has 2 heterocycles. The van der Waals surface area contributed by atoms with E-state index in [4.69, 9.17) is 35.5 Å². The number of benzene rings is 3. The number of halogens is 1. The lowest BCUT2D eigenvalue weighted by atomic mass is 9.90. The molecule has 10 nitrogen and oxygen atoms in total. The SMILES string of the molecule is CCOCCn1c(C(=O)C2CCN(CCC(CN(C)C(=O)c3cc(OC)c(OC)c(OC)c3)c3ccc(Cl)cc3)CC2)nc2ccccc21. The van der Waals surface area contributed by atoms with Crippen molar-refractivity contribution >= 4 is 34.3 Å². The number of piperidine rings is 1. The minimum atomic E-state index is -0.148. The topological polar surface area (TPSA) is 95.4 Å². The van der Waals surface area contributed by atoms with Crippen molar-refractivity contribution in [3.05, 3.63) is 82.6 Å². The fourth-order valence-electron chi connectivity index (χ4n) is 6.67. The van der Waals surface area contributed by atoms with Gasteiger partial charge in [-0.1, -0.05) is 35.9 Å². The normalized spacial score (nSPS) is 14.5. The van der Waals surface area contributed by atoms with Gasteiger partial charge in [-0.25, -0.2) is 4.98 Å². The molecule has 0 saturated carbocycles. The number of methoxy groups -OCH3 is 3. The van der Waals surface area contributed by atoms with E-state index < -0.39 is 0 Å². The second kappa shape index (κ2) is 17.0. The third-order valence-corrected chi connectivity index (χ3v) is 9.64. The fourth-order valence-corrected chi connectivity index (χ4v) is 6.79. The van der Waals surface area contributed by atoms with Gasteiger partial charge in [-0.15, -0.1) is 0 Å². The number of nitrogens with zero attached hydrogens (tertiary/aromatic N) is 4. The number of Topliss-reactive ketones (excluding diaryl/α,β-unsaturated/α-hetero) is 1. The number of amides is 1. The van der Waals surface area contributed by atoms with E-state index in [0.717, 1.165) is 55.5 Å². The molecule has 0 N–H and O–H groups in total. The lowest BCUT2D eigenvalue weighted by Gasteiger charge is -2.33. The van der Waals surface area contributed by atoms with Crippen molar-refractivity contribution in [2.45, 2.75) is 38.6 Å². The third-order valence-electron chi connectivity index (χ3n) is 9.38. The number of carbonyl (C=O) groups is 2. The van der Waals surface area contributed by atoms with Gasteiger partial charge in [-0.2, -0.15) is 0 Å². The van der Waals surface area contributed by atoms with Crippen LogP contribution >= 0.6 is 11.6 Å². The molecule has 262 valence electrons. The van der Waals surface area contributed by atoms with Crippen molar-refractivity contribution < 1.29 is 28.5 Å². The summed E-state index contributed by atoms with van der Waals surface area (Å²) in [6, 6.07) is 19.1. The van der Waals surface area contributed by atoms with Gasteiger partial charge in [0.05, 0.1) is 39.0 Å². The zero-order valence-electron chi connectivity index (χ0n) is 29.1. The number of para-hydroxylation sites is 2. The average Bonchev–Trinajstić information content (AvgIpc) is 3.51. The maximum Gasteiger partial charge on any atom is 0.253 e. The summed E-state index contributed by atoms with van der Waals surface area (Å²) in [4.78, 5) is 36.4. The first-order valence-electron chi connectivity index (χ1n) is 16.9. The minimum absolute atomic E-state index is 0.0675. The Morgan fingerprint density at radius 1 is 0.959 bits per heavy atom. The fraction of sp³-hybridized carbons (Fsp3) is 0.447. The maximum atomic E-state index is 13.8. The number of rotatable bonds is 16. The Morgan fingerprint density at radius 2 is 1.63 bits per heavy atom. The van der Waals surface area contributed by atoms with Crippen LogP contribution in [0.4, 0.5) is 0 Å². The van der Waals surface area contributed by atoms with Crippen LogP contribution in [0.5, 0.6) is 17.2 Å². The van der Waals surface area contributed by atoms with Gasteiger partial charge in [0.1, 0.15) is 0 Å². The van der Waals surface area contributed by atoms with E-state index in [1.807, 2.05) is 67.1 Å². The van der Waals surface area contributed by atoms with Gasteiger partial charge in [0.2, 0.25) is 11.5 Å². The Labute approximate surface area is 293 Å².